The number of aliphatic hydroxyl groups excluding tert-OH is 1. The summed E-state index contributed by atoms with van der Waals surface area (Å²) in [4.78, 5) is 1.47. The molecule has 1 aromatic rings. The summed E-state index contributed by atoms with van der Waals surface area (Å²) in [6.07, 6.45) is 4.62. The van der Waals surface area contributed by atoms with Gasteiger partial charge in [-0.3, -0.25) is 0 Å². The molecule has 0 bridgehead atoms. The number of hydrogen-bond donors (Lipinski definition) is 2. The van der Waals surface area contributed by atoms with Gasteiger partial charge in [0.15, 0.2) is 0 Å². The van der Waals surface area contributed by atoms with Gasteiger partial charge in [0.1, 0.15) is 19.2 Å². The van der Waals surface area contributed by atoms with E-state index in [1.807, 2.05) is 0 Å². The summed E-state index contributed by atoms with van der Waals surface area (Å²) in [5.74, 6) is 0.722. The van der Waals surface area contributed by atoms with Gasteiger partial charge in [0, 0.05) is 12.0 Å². The number of rotatable bonds is 5. The molecule has 1 unspecified atom stereocenters. The minimum absolute atomic E-state index is 0.315. The zero-order valence-corrected chi connectivity index (χ0v) is 15.6. The van der Waals surface area contributed by atoms with Crippen LogP contribution in [0.3, 0.4) is 0 Å². The van der Waals surface area contributed by atoms with Gasteiger partial charge in [-0.1, -0.05) is 45.0 Å². The summed E-state index contributed by atoms with van der Waals surface area (Å²) >= 11 is 0. The SMILES string of the molecule is C[C@@H]1C[C@H](OC[C@H](O)C[NH+]2CCc3ccccc3C2)CC(C)(C)C1. The van der Waals surface area contributed by atoms with Crippen LogP contribution in [0.2, 0.25) is 0 Å². The fraction of sp³-hybridized carbons (Fsp3) is 0.714. The molecule has 2 N–H and O–H groups in total. The van der Waals surface area contributed by atoms with E-state index in [-0.39, 0.29) is 6.10 Å². The van der Waals surface area contributed by atoms with Gasteiger partial charge >= 0.3 is 0 Å². The van der Waals surface area contributed by atoms with Crippen LogP contribution in [0, 0.1) is 11.3 Å². The van der Waals surface area contributed by atoms with Gasteiger partial charge in [-0.2, -0.15) is 0 Å². The molecular weight excluding hydrogens is 298 g/mol. The van der Waals surface area contributed by atoms with E-state index in [4.69, 9.17) is 4.74 Å². The zero-order valence-electron chi connectivity index (χ0n) is 15.6. The molecule has 24 heavy (non-hydrogen) atoms. The average molecular weight is 333 g/mol. The first-order valence-corrected chi connectivity index (χ1v) is 9.61. The average Bonchev–Trinajstić information content (AvgIpc) is 2.51. The van der Waals surface area contributed by atoms with Crippen molar-refractivity contribution in [2.24, 2.45) is 11.3 Å². The van der Waals surface area contributed by atoms with Crippen molar-refractivity contribution in [2.75, 3.05) is 19.7 Å². The topological polar surface area (TPSA) is 33.9 Å². The van der Waals surface area contributed by atoms with E-state index in [2.05, 4.69) is 45.0 Å². The molecule has 1 heterocycles. The highest BCUT2D eigenvalue weighted by molar-refractivity contribution is 5.27. The smallest absolute Gasteiger partial charge is 0.126 e. The molecule has 134 valence electrons. The molecule has 1 fully saturated rings. The summed E-state index contributed by atoms with van der Waals surface area (Å²) in [6, 6.07) is 8.70. The third-order valence-electron chi connectivity index (χ3n) is 5.70. The van der Waals surface area contributed by atoms with E-state index in [1.54, 1.807) is 0 Å². The van der Waals surface area contributed by atoms with Crippen LogP contribution in [0.1, 0.15) is 51.2 Å². The Labute approximate surface area is 147 Å². The quantitative estimate of drug-likeness (QED) is 0.867. The predicted molar refractivity (Wildman–Crippen MR) is 97.1 cm³/mol. The van der Waals surface area contributed by atoms with Gasteiger partial charge in [0.05, 0.1) is 19.3 Å². The molecule has 1 saturated carbocycles. The summed E-state index contributed by atoms with van der Waals surface area (Å²) in [5.41, 5.74) is 3.29. The Morgan fingerprint density at radius 3 is 2.75 bits per heavy atom. The first-order chi connectivity index (χ1) is 11.4. The molecule has 1 aromatic carbocycles. The minimum atomic E-state index is -0.356. The van der Waals surface area contributed by atoms with Crippen LogP contribution in [0.25, 0.3) is 0 Å². The molecule has 0 spiro atoms. The Morgan fingerprint density at radius 2 is 2.00 bits per heavy atom. The Kier molecular flexibility index (Phi) is 5.63. The molecule has 0 saturated heterocycles. The largest absolute Gasteiger partial charge is 0.385 e. The maximum atomic E-state index is 10.4. The van der Waals surface area contributed by atoms with Crippen LogP contribution >= 0.6 is 0 Å². The van der Waals surface area contributed by atoms with Crippen molar-refractivity contribution in [3.8, 4) is 0 Å². The zero-order chi connectivity index (χ0) is 17.2. The first-order valence-electron chi connectivity index (χ1n) is 9.61. The number of benzene rings is 1. The molecule has 2 aliphatic rings. The predicted octanol–water partition coefficient (Wildman–Crippen LogP) is 2.22. The van der Waals surface area contributed by atoms with Crippen LogP contribution < -0.4 is 4.90 Å². The van der Waals surface area contributed by atoms with Gasteiger partial charge in [-0.15, -0.1) is 0 Å². The second-order valence-electron chi connectivity index (χ2n) is 8.92. The number of quaternary nitrogens is 1. The van der Waals surface area contributed by atoms with Crippen molar-refractivity contribution in [1.29, 1.82) is 0 Å². The number of nitrogens with one attached hydrogen (secondary N) is 1. The van der Waals surface area contributed by atoms with Crippen molar-refractivity contribution in [3.63, 3.8) is 0 Å². The van der Waals surface area contributed by atoms with Crippen LogP contribution in [0.4, 0.5) is 0 Å². The number of fused-ring (bicyclic) bond motifs is 1. The van der Waals surface area contributed by atoms with Crippen molar-refractivity contribution in [3.05, 3.63) is 35.4 Å². The van der Waals surface area contributed by atoms with E-state index in [0.29, 0.717) is 18.1 Å². The lowest BCUT2D eigenvalue weighted by Gasteiger charge is -2.39. The fourth-order valence-corrected chi connectivity index (χ4v) is 4.84. The Morgan fingerprint density at radius 1 is 1.25 bits per heavy atom. The van der Waals surface area contributed by atoms with Gasteiger partial charge in [0.2, 0.25) is 0 Å². The Bertz CT molecular complexity index is 542. The number of aliphatic hydroxyl groups is 1. The maximum Gasteiger partial charge on any atom is 0.126 e. The van der Waals surface area contributed by atoms with Gasteiger partial charge in [0.25, 0.3) is 0 Å². The molecule has 3 rings (SSSR count). The Balaban J connectivity index is 1.44. The monoisotopic (exact) mass is 332 g/mol. The van der Waals surface area contributed by atoms with Crippen LogP contribution in [0.15, 0.2) is 24.3 Å². The van der Waals surface area contributed by atoms with Crippen LogP contribution in [-0.4, -0.2) is 37.0 Å². The highest BCUT2D eigenvalue weighted by Gasteiger charge is 2.33. The second kappa shape index (κ2) is 7.55. The van der Waals surface area contributed by atoms with E-state index in [0.717, 1.165) is 44.8 Å². The first kappa shape index (κ1) is 17.9. The maximum absolute atomic E-state index is 10.4. The van der Waals surface area contributed by atoms with E-state index in [9.17, 15) is 5.11 Å². The molecule has 3 heteroatoms. The van der Waals surface area contributed by atoms with Gasteiger partial charge in [-0.05, 0) is 36.2 Å². The number of ether oxygens (including phenoxy) is 1. The van der Waals surface area contributed by atoms with Crippen LogP contribution in [0.5, 0.6) is 0 Å². The lowest BCUT2D eigenvalue weighted by molar-refractivity contribution is -0.919. The molecule has 4 atom stereocenters. The molecule has 3 nitrogen and oxygen atoms in total. The second-order valence-corrected chi connectivity index (χ2v) is 8.92. The summed E-state index contributed by atoms with van der Waals surface area (Å²) in [7, 11) is 0. The minimum Gasteiger partial charge on any atom is -0.385 e. The standard InChI is InChI=1S/C21H33NO2/c1-16-10-20(12-21(2,3)11-16)24-15-19(23)14-22-9-8-17-6-4-5-7-18(17)13-22/h4-7,16,19-20,23H,8-15H2,1-3H3/p+1/t16-,19-,20+/m1/s1. The van der Waals surface area contributed by atoms with E-state index >= 15 is 0 Å². The van der Waals surface area contributed by atoms with E-state index in [1.165, 1.54) is 22.4 Å². The normalized spacial score (nSPS) is 30.6. The highest BCUT2D eigenvalue weighted by atomic mass is 16.5. The molecule has 0 amide bonds. The summed E-state index contributed by atoms with van der Waals surface area (Å²) in [6.45, 7) is 10.4. The fourth-order valence-electron chi connectivity index (χ4n) is 4.84. The molecule has 0 aromatic heterocycles. The molecule has 0 radical (unpaired) electrons. The summed E-state index contributed by atoms with van der Waals surface area (Å²) in [5, 5.41) is 10.4. The van der Waals surface area contributed by atoms with Crippen molar-refractivity contribution >= 4 is 0 Å². The lowest BCUT2D eigenvalue weighted by Crippen LogP contribution is -3.13. The molecule has 1 aliphatic carbocycles. The van der Waals surface area contributed by atoms with Crippen molar-refractivity contribution < 1.29 is 14.7 Å². The van der Waals surface area contributed by atoms with Crippen molar-refractivity contribution in [1.82, 2.24) is 0 Å². The molecular formula is C21H34NO2+. The third kappa shape index (κ3) is 4.81. The number of hydrogen-bond acceptors (Lipinski definition) is 2. The third-order valence-corrected chi connectivity index (χ3v) is 5.70. The molecule has 1 aliphatic heterocycles. The lowest BCUT2D eigenvalue weighted by atomic mass is 9.71. The highest BCUT2D eigenvalue weighted by Crippen LogP contribution is 2.39. The van der Waals surface area contributed by atoms with E-state index < -0.39 is 0 Å². The summed E-state index contributed by atoms with van der Waals surface area (Å²) < 4.78 is 6.10. The van der Waals surface area contributed by atoms with Gasteiger partial charge < -0.3 is 14.7 Å². The Hall–Kier alpha value is -0.900. The van der Waals surface area contributed by atoms with Crippen molar-refractivity contribution in [2.45, 2.75) is 65.2 Å². The van der Waals surface area contributed by atoms with Crippen LogP contribution in [-0.2, 0) is 17.7 Å². The van der Waals surface area contributed by atoms with Gasteiger partial charge in [-0.25, -0.2) is 0 Å².